The summed E-state index contributed by atoms with van der Waals surface area (Å²) in [6, 6.07) is 8.08. The van der Waals surface area contributed by atoms with Gasteiger partial charge < -0.3 is 14.7 Å². The predicted molar refractivity (Wildman–Crippen MR) is 119 cm³/mol. The molecule has 1 aromatic rings. The quantitative estimate of drug-likeness (QED) is 0.565. The zero-order valence-electron chi connectivity index (χ0n) is 16.2. The Balaban J connectivity index is 1.85. The molecule has 1 saturated heterocycles. The third kappa shape index (κ3) is 4.96. The SMILES string of the molecule is CC1=C/C(=C2\SC(=S)N(CC(=O)O)C2=O)C=C(/C=C/c2ccc(N(C)C)cc2)O1. The van der Waals surface area contributed by atoms with Crippen molar-refractivity contribution in [1.29, 1.82) is 0 Å². The van der Waals surface area contributed by atoms with Crippen molar-refractivity contribution < 1.29 is 19.4 Å². The molecule has 150 valence electrons. The first-order valence-corrected chi connectivity index (χ1v) is 10.00. The highest BCUT2D eigenvalue weighted by molar-refractivity contribution is 8.26. The molecule has 0 aromatic heterocycles. The normalized spacial score (nSPS) is 19.3. The van der Waals surface area contributed by atoms with Crippen LogP contribution in [0.3, 0.4) is 0 Å². The van der Waals surface area contributed by atoms with Crippen molar-refractivity contribution in [2.24, 2.45) is 0 Å². The standard InChI is InChI=1S/C21H20N2O4S2/c1-13-10-15(19-20(26)23(12-18(24)25)21(28)29-19)11-17(27-13)9-6-14-4-7-16(8-5-14)22(2)3/h4-11H,12H2,1-3H3,(H,24,25)/b9-6+,19-15+. The van der Waals surface area contributed by atoms with Crippen LogP contribution < -0.4 is 4.90 Å². The highest BCUT2D eigenvalue weighted by Crippen LogP contribution is 2.36. The molecule has 1 N–H and O–H groups in total. The number of carbonyl (C=O) groups excluding carboxylic acids is 1. The highest BCUT2D eigenvalue weighted by atomic mass is 32.2. The molecule has 2 heterocycles. The van der Waals surface area contributed by atoms with Gasteiger partial charge in [-0.15, -0.1) is 0 Å². The van der Waals surface area contributed by atoms with Crippen LogP contribution in [0.15, 0.2) is 64.5 Å². The average molecular weight is 429 g/mol. The van der Waals surface area contributed by atoms with Gasteiger partial charge in [-0.2, -0.15) is 0 Å². The second kappa shape index (κ2) is 8.67. The maximum absolute atomic E-state index is 12.6. The fraction of sp³-hybridized carbons (Fsp3) is 0.190. The van der Waals surface area contributed by atoms with E-state index in [4.69, 9.17) is 22.1 Å². The summed E-state index contributed by atoms with van der Waals surface area (Å²) in [5, 5.41) is 8.98. The van der Waals surface area contributed by atoms with Crippen LogP contribution in [0.4, 0.5) is 5.69 Å². The molecule has 29 heavy (non-hydrogen) atoms. The van der Waals surface area contributed by atoms with E-state index < -0.39 is 18.4 Å². The van der Waals surface area contributed by atoms with E-state index in [1.54, 1.807) is 19.1 Å². The van der Waals surface area contributed by atoms with Crippen LogP contribution in [-0.4, -0.2) is 46.8 Å². The third-order valence-corrected chi connectivity index (χ3v) is 5.67. The van der Waals surface area contributed by atoms with Gasteiger partial charge in [-0.25, -0.2) is 0 Å². The smallest absolute Gasteiger partial charge is 0.323 e. The molecule has 1 aromatic carbocycles. The largest absolute Gasteiger partial charge is 0.480 e. The van der Waals surface area contributed by atoms with Gasteiger partial charge in [0, 0.05) is 25.4 Å². The van der Waals surface area contributed by atoms with E-state index in [-0.39, 0.29) is 4.32 Å². The van der Waals surface area contributed by atoms with E-state index >= 15 is 0 Å². The Bertz CT molecular complexity index is 988. The Morgan fingerprint density at radius 3 is 2.55 bits per heavy atom. The molecule has 6 nitrogen and oxygen atoms in total. The Kier molecular flexibility index (Phi) is 6.24. The van der Waals surface area contributed by atoms with Gasteiger partial charge >= 0.3 is 5.97 Å². The summed E-state index contributed by atoms with van der Waals surface area (Å²) >= 11 is 6.27. The minimum Gasteiger partial charge on any atom is -0.480 e. The number of thioether (sulfide) groups is 1. The van der Waals surface area contributed by atoms with Crippen LogP contribution in [-0.2, 0) is 14.3 Å². The molecular weight excluding hydrogens is 408 g/mol. The van der Waals surface area contributed by atoms with Gasteiger partial charge in [0.25, 0.3) is 5.91 Å². The number of carboxylic acid groups (broad SMARTS) is 1. The van der Waals surface area contributed by atoms with Crippen LogP contribution in [0.1, 0.15) is 12.5 Å². The van der Waals surface area contributed by atoms with Crippen molar-refractivity contribution in [3.63, 3.8) is 0 Å². The number of hydrogen-bond acceptors (Lipinski definition) is 6. The first-order valence-electron chi connectivity index (χ1n) is 8.77. The molecule has 1 fully saturated rings. The summed E-state index contributed by atoms with van der Waals surface area (Å²) in [6.45, 7) is 1.35. The lowest BCUT2D eigenvalue weighted by molar-refractivity contribution is -0.140. The summed E-state index contributed by atoms with van der Waals surface area (Å²) in [5.41, 5.74) is 2.78. The van der Waals surface area contributed by atoms with Gasteiger partial charge in [0.15, 0.2) is 0 Å². The summed E-state index contributed by atoms with van der Waals surface area (Å²) in [5.74, 6) is -0.290. The Labute approximate surface area is 178 Å². The zero-order chi connectivity index (χ0) is 21.1. The van der Waals surface area contributed by atoms with E-state index in [2.05, 4.69) is 0 Å². The maximum Gasteiger partial charge on any atom is 0.323 e. The number of ether oxygens (including phenoxy) is 1. The van der Waals surface area contributed by atoms with Crippen LogP contribution in [0.5, 0.6) is 0 Å². The number of benzene rings is 1. The predicted octanol–water partition coefficient (Wildman–Crippen LogP) is 3.78. The molecule has 0 unspecified atom stereocenters. The van der Waals surface area contributed by atoms with Crippen molar-refractivity contribution in [3.8, 4) is 0 Å². The lowest BCUT2D eigenvalue weighted by Gasteiger charge is -2.15. The number of amides is 1. The number of anilines is 1. The molecule has 2 aliphatic heterocycles. The first-order chi connectivity index (χ1) is 13.7. The highest BCUT2D eigenvalue weighted by Gasteiger charge is 2.35. The van der Waals surface area contributed by atoms with E-state index in [0.29, 0.717) is 22.0 Å². The molecule has 2 aliphatic rings. The number of hydrogen-bond donors (Lipinski definition) is 1. The Morgan fingerprint density at radius 2 is 1.93 bits per heavy atom. The summed E-state index contributed by atoms with van der Waals surface area (Å²) in [6.07, 6.45) is 7.26. The van der Waals surface area contributed by atoms with Gasteiger partial charge in [-0.3, -0.25) is 14.5 Å². The summed E-state index contributed by atoms with van der Waals surface area (Å²) in [4.78, 5) is 27.1. The van der Waals surface area contributed by atoms with E-state index in [0.717, 1.165) is 27.9 Å². The number of allylic oxidation sites excluding steroid dienone is 5. The minimum absolute atomic E-state index is 0.240. The monoisotopic (exact) mass is 428 g/mol. The molecule has 1 amide bonds. The Morgan fingerprint density at radius 1 is 1.24 bits per heavy atom. The van der Waals surface area contributed by atoms with Crippen molar-refractivity contribution in [2.45, 2.75) is 6.92 Å². The van der Waals surface area contributed by atoms with E-state index in [1.165, 1.54) is 0 Å². The molecular formula is C21H20N2O4S2. The molecule has 0 saturated carbocycles. The zero-order valence-corrected chi connectivity index (χ0v) is 17.8. The number of rotatable bonds is 5. The van der Waals surface area contributed by atoms with Gasteiger partial charge in [-0.1, -0.05) is 42.2 Å². The molecule has 0 atom stereocenters. The second-order valence-corrected chi connectivity index (χ2v) is 8.30. The Hall–Kier alpha value is -2.84. The fourth-order valence-corrected chi connectivity index (χ4v) is 4.04. The molecule has 0 bridgehead atoms. The van der Waals surface area contributed by atoms with Gasteiger partial charge in [0.05, 0.1) is 4.91 Å². The van der Waals surface area contributed by atoms with Gasteiger partial charge in [0.1, 0.15) is 22.4 Å². The number of carbonyl (C=O) groups is 2. The fourth-order valence-electron chi connectivity index (χ4n) is 2.78. The number of carboxylic acids is 1. The van der Waals surface area contributed by atoms with Crippen LogP contribution >= 0.6 is 24.0 Å². The molecule has 8 heteroatoms. The minimum atomic E-state index is -1.11. The molecule has 0 aliphatic carbocycles. The van der Waals surface area contributed by atoms with Crippen molar-refractivity contribution in [3.05, 3.63) is 70.1 Å². The molecule has 0 spiro atoms. The molecule has 0 radical (unpaired) electrons. The summed E-state index contributed by atoms with van der Waals surface area (Å²) in [7, 11) is 3.97. The molecule has 3 rings (SSSR count). The van der Waals surface area contributed by atoms with Crippen LogP contribution in [0.2, 0.25) is 0 Å². The number of aliphatic carboxylic acids is 1. The lowest BCUT2D eigenvalue weighted by atomic mass is 10.1. The topological polar surface area (TPSA) is 70.1 Å². The van der Waals surface area contributed by atoms with Crippen molar-refractivity contribution in [2.75, 3.05) is 25.5 Å². The van der Waals surface area contributed by atoms with Crippen molar-refractivity contribution in [1.82, 2.24) is 4.90 Å². The first kappa shape index (κ1) is 20.9. The van der Waals surface area contributed by atoms with Crippen molar-refractivity contribution >= 4 is 51.9 Å². The summed E-state index contributed by atoms with van der Waals surface area (Å²) < 4.78 is 5.98. The maximum atomic E-state index is 12.6. The van der Waals surface area contributed by atoms with Crippen LogP contribution in [0, 0.1) is 0 Å². The lowest BCUT2D eigenvalue weighted by Crippen LogP contribution is -2.33. The van der Waals surface area contributed by atoms with Crippen LogP contribution in [0.25, 0.3) is 6.08 Å². The van der Waals surface area contributed by atoms with Gasteiger partial charge in [-0.05, 0) is 42.8 Å². The third-order valence-electron chi connectivity index (χ3n) is 4.19. The second-order valence-electron chi connectivity index (χ2n) is 6.66. The average Bonchev–Trinajstić information content (AvgIpc) is 2.94. The number of nitrogens with zero attached hydrogens (tertiary/aromatic N) is 2. The van der Waals surface area contributed by atoms with E-state index in [9.17, 15) is 9.59 Å². The number of thiocarbonyl (C=S) groups is 1. The van der Waals surface area contributed by atoms with E-state index in [1.807, 2.05) is 55.4 Å². The van der Waals surface area contributed by atoms with Gasteiger partial charge in [0.2, 0.25) is 0 Å².